The van der Waals surface area contributed by atoms with Crippen LogP contribution in [0.5, 0.6) is 0 Å². The lowest BCUT2D eigenvalue weighted by Gasteiger charge is -2.21. The number of pyridine rings is 1. The van der Waals surface area contributed by atoms with Crippen LogP contribution >= 0.6 is 11.6 Å². The highest BCUT2D eigenvalue weighted by Gasteiger charge is 2.14. The molecule has 1 aliphatic rings. The molecule has 0 spiro atoms. The Bertz CT molecular complexity index is 405. The molecule has 1 heterocycles. The first-order valence-electron chi connectivity index (χ1n) is 6.41. The molecule has 0 atom stereocenters. The van der Waals surface area contributed by atoms with Crippen molar-refractivity contribution in [3.8, 4) is 0 Å². The Morgan fingerprint density at radius 1 is 1.39 bits per heavy atom. The smallest absolute Gasteiger partial charge is 0.319 e. The van der Waals surface area contributed by atoms with Crippen molar-refractivity contribution in [3.05, 3.63) is 23.5 Å². The molecular formula is C13H18ClN3O. The van der Waals surface area contributed by atoms with Gasteiger partial charge in [0.15, 0.2) is 5.15 Å². The van der Waals surface area contributed by atoms with E-state index in [1.807, 2.05) is 0 Å². The minimum absolute atomic E-state index is 0.213. The van der Waals surface area contributed by atoms with E-state index >= 15 is 0 Å². The van der Waals surface area contributed by atoms with Gasteiger partial charge in [0.1, 0.15) is 0 Å². The summed E-state index contributed by atoms with van der Waals surface area (Å²) in [7, 11) is 0. The number of hydrogen-bond acceptors (Lipinski definition) is 2. The van der Waals surface area contributed by atoms with Crippen molar-refractivity contribution in [1.29, 1.82) is 0 Å². The predicted molar refractivity (Wildman–Crippen MR) is 72.8 cm³/mol. The first-order valence-corrected chi connectivity index (χ1v) is 6.79. The molecule has 0 bridgehead atoms. The van der Waals surface area contributed by atoms with Crippen LogP contribution in [0.2, 0.25) is 5.15 Å². The molecule has 0 radical (unpaired) electrons. The van der Waals surface area contributed by atoms with Crippen LogP contribution in [0.3, 0.4) is 0 Å². The molecule has 1 fully saturated rings. The molecule has 2 amide bonds. The standard InChI is InChI=1S/C13H18ClN3O/c14-12-11(7-4-8-15-12)17-13(18)16-9-10-5-2-1-3-6-10/h4,7-8,10H,1-3,5-6,9H2,(H2,16,17,18). The zero-order valence-electron chi connectivity index (χ0n) is 10.3. The molecule has 0 aliphatic heterocycles. The second-order valence-corrected chi connectivity index (χ2v) is 5.04. The molecule has 0 aromatic carbocycles. The number of anilines is 1. The molecule has 1 saturated carbocycles. The number of nitrogens with one attached hydrogen (secondary N) is 2. The van der Waals surface area contributed by atoms with Gasteiger partial charge in [-0.1, -0.05) is 30.9 Å². The number of rotatable bonds is 3. The van der Waals surface area contributed by atoms with E-state index in [-0.39, 0.29) is 6.03 Å². The monoisotopic (exact) mass is 267 g/mol. The van der Waals surface area contributed by atoms with Gasteiger partial charge in [0.25, 0.3) is 0 Å². The van der Waals surface area contributed by atoms with Crippen LogP contribution in [-0.4, -0.2) is 17.6 Å². The highest BCUT2D eigenvalue weighted by atomic mass is 35.5. The summed E-state index contributed by atoms with van der Waals surface area (Å²) in [5, 5.41) is 5.91. The fraction of sp³-hybridized carbons (Fsp3) is 0.538. The van der Waals surface area contributed by atoms with Crippen LogP contribution in [0.4, 0.5) is 10.5 Å². The topological polar surface area (TPSA) is 54.0 Å². The molecule has 1 aliphatic carbocycles. The van der Waals surface area contributed by atoms with Gasteiger partial charge < -0.3 is 10.6 Å². The number of nitrogens with zero attached hydrogens (tertiary/aromatic N) is 1. The highest BCUT2D eigenvalue weighted by molar-refractivity contribution is 6.32. The van der Waals surface area contributed by atoms with Crippen LogP contribution in [0, 0.1) is 5.92 Å². The average Bonchev–Trinajstić information content (AvgIpc) is 2.40. The van der Waals surface area contributed by atoms with E-state index in [9.17, 15) is 4.79 Å². The Labute approximate surface area is 112 Å². The van der Waals surface area contributed by atoms with Crippen LogP contribution < -0.4 is 10.6 Å². The quantitative estimate of drug-likeness (QED) is 0.825. The average molecular weight is 268 g/mol. The van der Waals surface area contributed by atoms with Crippen molar-refractivity contribution >= 4 is 23.3 Å². The molecule has 2 N–H and O–H groups in total. The largest absolute Gasteiger partial charge is 0.338 e. The van der Waals surface area contributed by atoms with Crippen molar-refractivity contribution < 1.29 is 4.79 Å². The third-order valence-corrected chi connectivity index (χ3v) is 3.58. The number of hydrogen-bond donors (Lipinski definition) is 2. The summed E-state index contributed by atoms with van der Waals surface area (Å²) in [5.41, 5.74) is 0.542. The Morgan fingerprint density at radius 3 is 2.89 bits per heavy atom. The Morgan fingerprint density at radius 2 is 2.17 bits per heavy atom. The SMILES string of the molecule is O=C(NCC1CCCCC1)Nc1cccnc1Cl. The zero-order chi connectivity index (χ0) is 12.8. The number of aromatic nitrogens is 1. The fourth-order valence-electron chi connectivity index (χ4n) is 2.27. The summed E-state index contributed by atoms with van der Waals surface area (Å²) in [6.07, 6.45) is 7.91. The number of amides is 2. The Hall–Kier alpha value is -1.29. The summed E-state index contributed by atoms with van der Waals surface area (Å²) in [6, 6.07) is 3.26. The van der Waals surface area contributed by atoms with Crippen molar-refractivity contribution in [2.45, 2.75) is 32.1 Å². The minimum Gasteiger partial charge on any atom is -0.338 e. The van der Waals surface area contributed by atoms with E-state index in [1.54, 1.807) is 18.3 Å². The van der Waals surface area contributed by atoms with E-state index in [4.69, 9.17) is 11.6 Å². The van der Waals surface area contributed by atoms with Crippen LogP contribution in [0.15, 0.2) is 18.3 Å². The van der Waals surface area contributed by atoms with Crippen molar-refractivity contribution in [2.24, 2.45) is 5.92 Å². The van der Waals surface area contributed by atoms with Gasteiger partial charge in [-0.25, -0.2) is 9.78 Å². The Balaban J connectivity index is 1.76. The van der Waals surface area contributed by atoms with Crippen LogP contribution in [0.25, 0.3) is 0 Å². The number of halogens is 1. The zero-order valence-corrected chi connectivity index (χ0v) is 11.0. The summed E-state index contributed by atoms with van der Waals surface area (Å²) < 4.78 is 0. The molecule has 1 aromatic heterocycles. The van der Waals surface area contributed by atoms with Gasteiger partial charge >= 0.3 is 6.03 Å². The summed E-state index contributed by atoms with van der Waals surface area (Å²) in [5.74, 6) is 0.619. The van der Waals surface area contributed by atoms with E-state index in [0.717, 1.165) is 6.54 Å². The maximum absolute atomic E-state index is 11.7. The van der Waals surface area contributed by atoms with Crippen LogP contribution in [-0.2, 0) is 0 Å². The molecule has 5 heteroatoms. The Kier molecular flexibility index (Phi) is 4.81. The lowest BCUT2D eigenvalue weighted by molar-refractivity contribution is 0.247. The van der Waals surface area contributed by atoms with E-state index in [2.05, 4.69) is 15.6 Å². The molecule has 1 aromatic rings. The van der Waals surface area contributed by atoms with Crippen LogP contribution in [0.1, 0.15) is 32.1 Å². The van der Waals surface area contributed by atoms with Crippen molar-refractivity contribution in [1.82, 2.24) is 10.3 Å². The summed E-state index contributed by atoms with van der Waals surface area (Å²) in [6.45, 7) is 0.740. The first kappa shape index (κ1) is 13.1. The lowest BCUT2D eigenvalue weighted by atomic mass is 9.89. The van der Waals surface area contributed by atoms with E-state index in [0.29, 0.717) is 16.8 Å². The number of carbonyl (C=O) groups is 1. The lowest BCUT2D eigenvalue weighted by Crippen LogP contribution is -2.33. The number of carbonyl (C=O) groups excluding carboxylic acids is 1. The predicted octanol–water partition coefficient (Wildman–Crippen LogP) is 3.44. The fourth-order valence-corrected chi connectivity index (χ4v) is 2.44. The van der Waals surface area contributed by atoms with Crippen molar-refractivity contribution in [2.75, 3.05) is 11.9 Å². The minimum atomic E-state index is -0.213. The number of urea groups is 1. The highest BCUT2D eigenvalue weighted by Crippen LogP contribution is 2.23. The van der Waals surface area contributed by atoms with Gasteiger partial charge in [-0.2, -0.15) is 0 Å². The third kappa shape index (κ3) is 3.88. The van der Waals surface area contributed by atoms with E-state index < -0.39 is 0 Å². The van der Waals surface area contributed by atoms with Gasteiger partial charge in [0.05, 0.1) is 5.69 Å². The maximum Gasteiger partial charge on any atom is 0.319 e. The van der Waals surface area contributed by atoms with Gasteiger partial charge in [-0.3, -0.25) is 0 Å². The normalized spacial score (nSPS) is 16.3. The van der Waals surface area contributed by atoms with Gasteiger partial charge in [-0.15, -0.1) is 0 Å². The van der Waals surface area contributed by atoms with E-state index in [1.165, 1.54) is 32.1 Å². The molecule has 0 unspecified atom stereocenters. The molecule has 4 nitrogen and oxygen atoms in total. The molecule has 0 saturated heterocycles. The second-order valence-electron chi connectivity index (χ2n) is 4.68. The molecule has 98 valence electrons. The second kappa shape index (κ2) is 6.59. The first-order chi connectivity index (χ1) is 8.75. The van der Waals surface area contributed by atoms with Gasteiger partial charge in [-0.05, 0) is 30.9 Å². The van der Waals surface area contributed by atoms with Gasteiger partial charge in [0, 0.05) is 12.7 Å². The third-order valence-electron chi connectivity index (χ3n) is 3.28. The molecular weight excluding hydrogens is 250 g/mol. The molecule has 2 rings (SSSR count). The summed E-state index contributed by atoms with van der Waals surface area (Å²) in [4.78, 5) is 15.6. The van der Waals surface area contributed by atoms with Crippen molar-refractivity contribution in [3.63, 3.8) is 0 Å². The maximum atomic E-state index is 11.7. The summed E-state index contributed by atoms with van der Waals surface area (Å²) >= 11 is 5.86. The van der Waals surface area contributed by atoms with Gasteiger partial charge in [0.2, 0.25) is 0 Å². The molecule has 18 heavy (non-hydrogen) atoms.